The molecular weight excluding hydrogens is 240 g/mol. The third-order valence-electron chi connectivity index (χ3n) is 1.19. The number of hydrogen-bond acceptors (Lipinski definition) is 5. The predicted molar refractivity (Wildman–Crippen MR) is 66.2 cm³/mol. The van der Waals surface area contributed by atoms with Gasteiger partial charge in [0.25, 0.3) is 0 Å². The van der Waals surface area contributed by atoms with Gasteiger partial charge in [0.1, 0.15) is 0 Å². The first kappa shape index (κ1) is 18.2. The minimum Gasteiger partial charge on any atom is -0.463 e. The van der Waals surface area contributed by atoms with Gasteiger partial charge in [0, 0.05) is 18.4 Å². The molecule has 0 bridgehead atoms. The molecule has 0 aromatic carbocycles. The Morgan fingerprint density at radius 3 is 1.61 bits per heavy atom. The normalized spacial score (nSPS) is 9.72. The largest absolute Gasteiger partial charge is 0.463 e. The van der Waals surface area contributed by atoms with E-state index < -0.39 is 18.0 Å². The standard InChI is InChI=1S/C8H12O4.C3H6N2O/c1-3-11-7(9)5-6-8(10)12-4-2;1-2-5-3(4)6/h5-6H,3-4H2,1-2H3;2H,1H3,(H2,4,6)/b6-5-;. The summed E-state index contributed by atoms with van der Waals surface area (Å²) in [4.78, 5) is 34.0. The minimum absolute atomic E-state index is 0.298. The van der Waals surface area contributed by atoms with Gasteiger partial charge in [0.2, 0.25) is 0 Å². The maximum atomic E-state index is 10.6. The molecule has 0 heterocycles. The molecule has 0 saturated heterocycles. The Hall–Kier alpha value is -2.18. The van der Waals surface area contributed by atoms with Crippen LogP contribution in [0.1, 0.15) is 20.8 Å². The Labute approximate surface area is 106 Å². The lowest BCUT2D eigenvalue weighted by molar-refractivity contribution is -0.140. The molecule has 0 aromatic heterocycles. The molecule has 0 aromatic rings. The zero-order chi connectivity index (χ0) is 14.4. The van der Waals surface area contributed by atoms with Crippen molar-refractivity contribution in [3.8, 4) is 0 Å². The Morgan fingerprint density at radius 2 is 1.44 bits per heavy atom. The van der Waals surface area contributed by atoms with E-state index in [1.165, 1.54) is 6.21 Å². The number of esters is 2. The molecule has 7 nitrogen and oxygen atoms in total. The van der Waals surface area contributed by atoms with Crippen molar-refractivity contribution in [2.75, 3.05) is 13.2 Å². The molecular formula is C11H18N2O5. The smallest absolute Gasteiger partial charge is 0.337 e. The quantitative estimate of drug-likeness (QED) is 0.456. The fourth-order valence-electron chi connectivity index (χ4n) is 0.644. The van der Waals surface area contributed by atoms with Crippen LogP contribution in [0.15, 0.2) is 17.1 Å². The molecule has 7 heteroatoms. The van der Waals surface area contributed by atoms with E-state index in [1.807, 2.05) is 0 Å². The lowest BCUT2D eigenvalue weighted by atomic mass is 10.5. The second-order valence-electron chi connectivity index (χ2n) is 2.56. The minimum atomic E-state index is -0.641. The average molecular weight is 258 g/mol. The van der Waals surface area contributed by atoms with Crippen molar-refractivity contribution in [2.45, 2.75) is 20.8 Å². The Kier molecular flexibility index (Phi) is 13.0. The van der Waals surface area contributed by atoms with Crippen LogP contribution < -0.4 is 5.73 Å². The zero-order valence-electron chi connectivity index (χ0n) is 10.7. The molecule has 0 spiro atoms. The maximum absolute atomic E-state index is 10.6. The predicted octanol–water partition coefficient (Wildman–Crippen LogP) is 0.825. The van der Waals surface area contributed by atoms with Crippen molar-refractivity contribution in [3.05, 3.63) is 12.2 Å². The van der Waals surface area contributed by atoms with Gasteiger partial charge >= 0.3 is 18.0 Å². The first-order chi connectivity index (χ1) is 8.47. The van der Waals surface area contributed by atoms with Crippen LogP contribution in [0.2, 0.25) is 0 Å². The van der Waals surface area contributed by atoms with Crippen molar-refractivity contribution in [1.82, 2.24) is 0 Å². The number of urea groups is 1. The highest BCUT2D eigenvalue weighted by atomic mass is 16.5. The Bertz CT molecular complexity index is 303. The summed E-state index contributed by atoms with van der Waals surface area (Å²) in [5.74, 6) is -1.07. The van der Waals surface area contributed by atoms with Gasteiger partial charge in [0.05, 0.1) is 13.2 Å². The van der Waals surface area contributed by atoms with Gasteiger partial charge in [-0.25, -0.2) is 19.4 Å². The van der Waals surface area contributed by atoms with Crippen LogP contribution in [0.3, 0.4) is 0 Å². The van der Waals surface area contributed by atoms with E-state index in [0.717, 1.165) is 12.2 Å². The number of rotatable bonds is 4. The van der Waals surface area contributed by atoms with Crippen LogP contribution in [0, 0.1) is 0 Å². The number of carbonyl (C=O) groups is 3. The van der Waals surface area contributed by atoms with E-state index in [0.29, 0.717) is 13.2 Å². The molecule has 102 valence electrons. The summed E-state index contributed by atoms with van der Waals surface area (Å²) >= 11 is 0. The SMILES string of the molecule is CC=NC(N)=O.CCOC(=O)/C=C\C(=O)OCC. The second kappa shape index (κ2) is 12.9. The number of carbonyl (C=O) groups excluding carboxylic acids is 3. The van der Waals surface area contributed by atoms with Crippen LogP contribution in [-0.2, 0) is 19.1 Å². The number of hydrogen-bond donors (Lipinski definition) is 1. The van der Waals surface area contributed by atoms with E-state index in [9.17, 15) is 14.4 Å². The first-order valence-electron chi connectivity index (χ1n) is 5.27. The van der Waals surface area contributed by atoms with Gasteiger partial charge in [-0.1, -0.05) is 0 Å². The van der Waals surface area contributed by atoms with Crippen molar-refractivity contribution < 1.29 is 23.9 Å². The molecule has 0 aliphatic carbocycles. The fourth-order valence-corrected chi connectivity index (χ4v) is 0.644. The monoisotopic (exact) mass is 258 g/mol. The molecule has 18 heavy (non-hydrogen) atoms. The topological polar surface area (TPSA) is 108 Å². The molecule has 0 aliphatic heterocycles. The summed E-state index contributed by atoms with van der Waals surface area (Å²) in [5, 5.41) is 0. The highest BCUT2D eigenvalue weighted by molar-refractivity contribution is 5.91. The van der Waals surface area contributed by atoms with Crippen LogP contribution >= 0.6 is 0 Å². The molecule has 0 rings (SSSR count). The number of aliphatic imine (C=N–C) groups is 1. The highest BCUT2D eigenvalue weighted by Gasteiger charge is 1.97. The van der Waals surface area contributed by atoms with E-state index in [-0.39, 0.29) is 0 Å². The number of ether oxygens (including phenoxy) is 2. The van der Waals surface area contributed by atoms with Crippen molar-refractivity contribution in [1.29, 1.82) is 0 Å². The van der Waals surface area contributed by atoms with Crippen LogP contribution in [0.4, 0.5) is 4.79 Å². The summed E-state index contributed by atoms with van der Waals surface area (Å²) < 4.78 is 9.07. The third-order valence-corrected chi connectivity index (χ3v) is 1.19. The fraction of sp³-hybridized carbons (Fsp3) is 0.455. The lowest BCUT2D eigenvalue weighted by Crippen LogP contribution is -2.03. The average Bonchev–Trinajstić information content (AvgIpc) is 2.28. The van der Waals surface area contributed by atoms with E-state index in [1.54, 1.807) is 20.8 Å². The molecule has 0 radical (unpaired) electrons. The van der Waals surface area contributed by atoms with Gasteiger partial charge in [-0.05, 0) is 20.8 Å². The third kappa shape index (κ3) is 16.3. The van der Waals surface area contributed by atoms with Gasteiger partial charge in [0.15, 0.2) is 0 Å². The van der Waals surface area contributed by atoms with Crippen LogP contribution in [-0.4, -0.2) is 37.4 Å². The molecule has 0 fully saturated rings. The summed E-state index contributed by atoms with van der Waals surface area (Å²) in [7, 11) is 0. The van der Waals surface area contributed by atoms with E-state index in [2.05, 4.69) is 20.2 Å². The molecule has 0 atom stereocenters. The number of primary amides is 1. The molecule has 0 aliphatic rings. The molecule has 0 saturated carbocycles. The second-order valence-corrected chi connectivity index (χ2v) is 2.56. The van der Waals surface area contributed by atoms with Gasteiger partial charge in [-0.2, -0.15) is 0 Å². The first-order valence-corrected chi connectivity index (χ1v) is 5.27. The maximum Gasteiger partial charge on any atom is 0.337 e. The summed E-state index contributed by atoms with van der Waals surface area (Å²) in [6.45, 7) is 5.61. The van der Waals surface area contributed by atoms with Gasteiger partial charge < -0.3 is 15.2 Å². The number of amides is 2. The Balaban J connectivity index is 0. The van der Waals surface area contributed by atoms with Crippen LogP contribution in [0.25, 0.3) is 0 Å². The summed E-state index contributed by atoms with van der Waals surface area (Å²) in [5.41, 5.74) is 4.57. The number of nitrogens with two attached hydrogens (primary N) is 1. The lowest BCUT2D eigenvalue weighted by Gasteiger charge is -1.95. The zero-order valence-corrected chi connectivity index (χ0v) is 10.7. The molecule has 2 amide bonds. The van der Waals surface area contributed by atoms with Crippen molar-refractivity contribution in [3.63, 3.8) is 0 Å². The summed E-state index contributed by atoms with van der Waals surface area (Å²) in [6.07, 6.45) is 3.44. The van der Waals surface area contributed by atoms with E-state index in [4.69, 9.17) is 0 Å². The van der Waals surface area contributed by atoms with Gasteiger partial charge in [-0.15, -0.1) is 0 Å². The molecule has 2 N–H and O–H groups in total. The van der Waals surface area contributed by atoms with Crippen LogP contribution in [0.5, 0.6) is 0 Å². The Morgan fingerprint density at radius 1 is 1.06 bits per heavy atom. The summed E-state index contributed by atoms with van der Waals surface area (Å²) in [6, 6.07) is -0.641. The van der Waals surface area contributed by atoms with Gasteiger partial charge in [-0.3, -0.25) is 0 Å². The highest BCUT2D eigenvalue weighted by Crippen LogP contribution is 1.84. The van der Waals surface area contributed by atoms with Crippen molar-refractivity contribution >= 4 is 24.2 Å². The van der Waals surface area contributed by atoms with Crippen molar-refractivity contribution in [2.24, 2.45) is 10.7 Å². The van der Waals surface area contributed by atoms with E-state index >= 15 is 0 Å². The molecule has 0 unspecified atom stereocenters. The number of nitrogens with zero attached hydrogens (tertiary/aromatic N) is 1.